The molecule has 2 N–H and O–H groups in total. The maximum Gasteiger partial charge on any atom is 0.458 e. The van der Waals surface area contributed by atoms with E-state index in [9.17, 15) is 22.0 Å². The first-order chi connectivity index (χ1) is 6.25. The quantitative estimate of drug-likeness (QED) is 0.776. The second-order valence-electron chi connectivity index (χ2n) is 2.58. The number of pyridine rings is 1. The van der Waals surface area contributed by atoms with Gasteiger partial charge in [0.1, 0.15) is 0 Å². The zero-order valence-electron chi connectivity index (χ0n) is 7.05. The molecule has 0 unspecified atom stereocenters. The van der Waals surface area contributed by atoms with Crippen molar-refractivity contribution in [1.29, 1.82) is 0 Å². The molecule has 1 heterocycles. The van der Waals surface area contributed by atoms with Crippen LogP contribution in [0.5, 0.6) is 0 Å². The summed E-state index contributed by atoms with van der Waals surface area (Å²) in [7, 11) is 0. The predicted molar refractivity (Wildman–Crippen MR) is 45.8 cm³/mol. The minimum absolute atomic E-state index is 0. The molecule has 0 fully saturated rings. The van der Waals surface area contributed by atoms with E-state index in [0.29, 0.717) is 12.3 Å². The Bertz CT molecular complexity index is 338. The molecule has 0 amide bonds. The van der Waals surface area contributed by atoms with Crippen LogP contribution in [0.25, 0.3) is 0 Å². The normalized spacial score (nSPS) is 12.1. The van der Waals surface area contributed by atoms with E-state index in [1.807, 2.05) is 0 Å². The summed E-state index contributed by atoms with van der Waals surface area (Å²) < 4.78 is 60.7. The fourth-order valence-electron chi connectivity index (χ4n) is 0.793. The van der Waals surface area contributed by atoms with Crippen LogP contribution in [-0.2, 0) is 5.92 Å². The molecule has 0 spiro atoms. The molecule has 8 heteroatoms. The highest BCUT2D eigenvalue weighted by Gasteiger charge is 2.58. The van der Waals surface area contributed by atoms with Crippen molar-refractivity contribution in [3.63, 3.8) is 0 Å². The van der Waals surface area contributed by atoms with E-state index in [4.69, 9.17) is 5.73 Å². The molecule has 0 atom stereocenters. The third-order valence-electron chi connectivity index (χ3n) is 1.48. The van der Waals surface area contributed by atoms with Gasteiger partial charge in [-0.2, -0.15) is 22.0 Å². The van der Waals surface area contributed by atoms with Gasteiger partial charge in [-0.15, -0.1) is 12.4 Å². The number of hydrogen-bond donors (Lipinski definition) is 1. The van der Waals surface area contributed by atoms with E-state index in [1.165, 1.54) is 0 Å². The van der Waals surface area contributed by atoms with E-state index in [-0.39, 0.29) is 18.1 Å². The van der Waals surface area contributed by atoms with Crippen LogP contribution in [-0.4, -0.2) is 11.2 Å². The van der Waals surface area contributed by atoms with Crippen molar-refractivity contribution >= 4 is 18.1 Å². The van der Waals surface area contributed by atoms with Crippen LogP contribution in [0.4, 0.5) is 27.6 Å². The molecular formula is C7H6ClF5N2. The average Bonchev–Trinajstić information content (AvgIpc) is 2.02. The standard InChI is InChI=1S/C7H5F5N2.ClH/c8-6(9,7(10,11)12)4-1-5(13)3-14-2-4;/h1-3H,13H2;1H. The molecule has 0 bridgehead atoms. The van der Waals surface area contributed by atoms with Gasteiger partial charge in [-0.3, -0.25) is 4.98 Å². The molecule has 0 aliphatic heterocycles. The molecule has 86 valence electrons. The molecule has 2 nitrogen and oxygen atoms in total. The summed E-state index contributed by atoms with van der Waals surface area (Å²) >= 11 is 0. The Morgan fingerprint density at radius 1 is 1.07 bits per heavy atom. The van der Waals surface area contributed by atoms with Gasteiger partial charge in [0, 0.05) is 12.4 Å². The minimum Gasteiger partial charge on any atom is -0.397 e. The van der Waals surface area contributed by atoms with Crippen molar-refractivity contribution in [2.75, 3.05) is 5.73 Å². The highest BCUT2D eigenvalue weighted by molar-refractivity contribution is 5.85. The fraction of sp³-hybridized carbons (Fsp3) is 0.286. The maximum atomic E-state index is 12.6. The van der Waals surface area contributed by atoms with Crippen LogP contribution in [0.15, 0.2) is 18.5 Å². The summed E-state index contributed by atoms with van der Waals surface area (Å²) in [5.74, 6) is -4.92. The summed E-state index contributed by atoms with van der Waals surface area (Å²) in [6.45, 7) is 0. The van der Waals surface area contributed by atoms with Gasteiger partial charge in [0.2, 0.25) is 0 Å². The van der Waals surface area contributed by atoms with E-state index < -0.39 is 17.7 Å². The van der Waals surface area contributed by atoms with Crippen LogP contribution >= 0.6 is 12.4 Å². The van der Waals surface area contributed by atoms with Crippen LogP contribution in [0, 0.1) is 0 Å². The number of alkyl halides is 5. The second kappa shape index (κ2) is 4.18. The Hall–Kier alpha value is -1.11. The molecule has 0 saturated carbocycles. The summed E-state index contributed by atoms with van der Waals surface area (Å²) in [6, 6.07) is 0.542. The molecule has 0 radical (unpaired) electrons. The molecule has 1 rings (SSSR count). The molecule has 1 aromatic heterocycles. The predicted octanol–water partition coefficient (Wildman–Crippen LogP) is 2.74. The smallest absolute Gasteiger partial charge is 0.397 e. The first kappa shape index (κ1) is 13.9. The minimum atomic E-state index is -5.64. The number of nitrogens with two attached hydrogens (primary N) is 1. The van der Waals surface area contributed by atoms with E-state index >= 15 is 0 Å². The Balaban J connectivity index is 0.00000196. The Labute approximate surface area is 87.7 Å². The van der Waals surface area contributed by atoms with E-state index in [1.54, 1.807) is 0 Å². The third kappa shape index (κ3) is 2.68. The monoisotopic (exact) mass is 248 g/mol. The summed E-state index contributed by atoms with van der Waals surface area (Å²) in [6.07, 6.45) is -4.22. The van der Waals surface area contributed by atoms with Crippen LogP contribution < -0.4 is 5.73 Å². The number of aromatic nitrogens is 1. The van der Waals surface area contributed by atoms with Crippen LogP contribution in [0.2, 0.25) is 0 Å². The van der Waals surface area contributed by atoms with Gasteiger partial charge in [0.15, 0.2) is 0 Å². The lowest BCUT2D eigenvalue weighted by Crippen LogP contribution is -2.33. The first-order valence-electron chi connectivity index (χ1n) is 3.40. The Morgan fingerprint density at radius 2 is 1.60 bits per heavy atom. The van der Waals surface area contributed by atoms with Crippen LogP contribution in [0.1, 0.15) is 5.56 Å². The van der Waals surface area contributed by atoms with Crippen molar-refractivity contribution in [3.05, 3.63) is 24.0 Å². The molecule has 15 heavy (non-hydrogen) atoms. The SMILES string of the molecule is Cl.Nc1cncc(C(F)(F)C(F)(F)F)c1. The second-order valence-corrected chi connectivity index (χ2v) is 2.58. The van der Waals surface area contributed by atoms with E-state index in [2.05, 4.69) is 4.98 Å². The summed E-state index contributed by atoms with van der Waals surface area (Å²) in [4.78, 5) is 3.16. The number of nitrogens with zero attached hydrogens (tertiary/aromatic N) is 1. The van der Waals surface area contributed by atoms with Gasteiger partial charge in [-0.05, 0) is 6.07 Å². The lowest BCUT2D eigenvalue weighted by atomic mass is 10.1. The van der Waals surface area contributed by atoms with Gasteiger partial charge in [-0.25, -0.2) is 0 Å². The van der Waals surface area contributed by atoms with Gasteiger partial charge >= 0.3 is 12.1 Å². The zero-order valence-corrected chi connectivity index (χ0v) is 7.87. The highest BCUT2D eigenvalue weighted by atomic mass is 35.5. The van der Waals surface area contributed by atoms with Crippen molar-refractivity contribution < 1.29 is 22.0 Å². The highest BCUT2D eigenvalue weighted by Crippen LogP contribution is 2.43. The largest absolute Gasteiger partial charge is 0.458 e. The van der Waals surface area contributed by atoms with Gasteiger partial charge in [-0.1, -0.05) is 0 Å². The summed E-state index contributed by atoms with van der Waals surface area (Å²) in [5, 5.41) is 0. The zero-order chi connectivity index (χ0) is 11.0. The Morgan fingerprint density at radius 3 is 2.00 bits per heavy atom. The molecule has 0 aromatic carbocycles. The number of rotatable bonds is 1. The summed E-state index contributed by atoms with van der Waals surface area (Å²) in [5.41, 5.74) is 3.53. The van der Waals surface area contributed by atoms with Crippen molar-refractivity contribution in [2.24, 2.45) is 0 Å². The number of nitrogen functional groups attached to an aromatic ring is 1. The van der Waals surface area contributed by atoms with Crippen molar-refractivity contribution in [2.45, 2.75) is 12.1 Å². The molecular weight excluding hydrogens is 243 g/mol. The lowest BCUT2D eigenvalue weighted by molar-refractivity contribution is -0.289. The molecule has 0 aliphatic rings. The number of halogens is 6. The van der Waals surface area contributed by atoms with Gasteiger partial charge < -0.3 is 5.73 Å². The molecule has 1 aromatic rings. The lowest BCUT2D eigenvalue weighted by Gasteiger charge is -2.19. The molecule has 0 aliphatic carbocycles. The first-order valence-corrected chi connectivity index (χ1v) is 3.40. The van der Waals surface area contributed by atoms with Gasteiger partial charge in [0.25, 0.3) is 0 Å². The van der Waals surface area contributed by atoms with Crippen molar-refractivity contribution in [1.82, 2.24) is 4.98 Å². The Kier molecular flexibility index (Phi) is 3.87. The fourth-order valence-corrected chi connectivity index (χ4v) is 0.793. The topological polar surface area (TPSA) is 38.9 Å². The number of anilines is 1. The molecule has 0 saturated heterocycles. The average molecular weight is 249 g/mol. The number of hydrogen-bond acceptors (Lipinski definition) is 2. The van der Waals surface area contributed by atoms with Gasteiger partial charge in [0.05, 0.1) is 11.3 Å². The third-order valence-corrected chi connectivity index (χ3v) is 1.48. The van der Waals surface area contributed by atoms with Crippen LogP contribution in [0.3, 0.4) is 0 Å². The maximum absolute atomic E-state index is 12.6. The van der Waals surface area contributed by atoms with E-state index in [0.717, 1.165) is 6.20 Å². The van der Waals surface area contributed by atoms with Crippen molar-refractivity contribution in [3.8, 4) is 0 Å².